The topological polar surface area (TPSA) is 55.8 Å². The Balaban J connectivity index is 1.68. The Kier molecular flexibility index (Phi) is 5.21. The Morgan fingerprint density at radius 3 is 2.83 bits per heavy atom. The van der Waals surface area contributed by atoms with Gasteiger partial charge < -0.3 is 9.47 Å². The van der Waals surface area contributed by atoms with Gasteiger partial charge in [-0.25, -0.2) is 4.79 Å². The summed E-state index contributed by atoms with van der Waals surface area (Å²) < 4.78 is 10.8. The molecule has 0 saturated carbocycles. The van der Waals surface area contributed by atoms with Gasteiger partial charge in [-0.15, -0.1) is 11.6 Å². The molecule has 2 aliphatic heterocycles. The quantitative estimate of drug-likeness (QED) is 0.586. The molecule has 130 valence electrons. The van der Waals surface area contributed by atoms with Crippen LogP contribution in [0, 0.1) is 5.92 Å². The van der Waals surface area contributed by atoms with E-state index in [-0.39, 0.29) is 18.5 Å². The molecule has 24 heavy (non-hydrogen) atoms. The van der Waals surface area contributed by atoms with E-state index in [1.54, 1.807) is 0 Å². The second-order valence-electron chi connectivity index (χ2n) is 6.07. The van der Waals surface area contributed by atoms with Crippen LogP contribution >= 0.6 is 23.2 Å². The van der Waals surface area contributed by atoms with Gasteiger partial charge in [-0.1, -0.05) is 41.9 Å². The van der Waals surface area contributed by atoms with E-state index in [2.05, 4.69) is 0 Å². The van der Waals surface area contributed by atoms with E-state index in [4.69, 9.17) is 32.7 Å². The van der Waals surface area contributed by atoms with Crippen molar-refractivity contribution in [2.75, 3.05) is 12.4 Å². The molecule has 2 fully saturated rings. The van der Waals surface area contributed by atoms with Gasteiger partial charge in [0.05, 0.1) is 5.92 Å². The number of alkyl halides is 2. The highest BCUT2D eigenvalue weighted by molar-refractivity contribution is 6.25. The van der Waals surface area contributed by atoms with Gasteiger partial charge in [0.2, 0.25) is 5.06 Å². The van der Waals surface area contributed by atoms with E-state index in [1.165, 1.54) is 4.90 Å². The average Bonchev–Trinajstić information content (AvgIpc) is 3.13. The number of ether oxygens (including phenoxy) is 2. The normalized spacial score (nSPS) is 28.6. The summed E-state index contributed by atoms with van der Waals surface area (Å²) in [7, 11) is 0. The summed E-state index contributed by atoms with van der Waals surface area (Å²) in [5.74, 6) is -0.313. The summed E-state index contributed by atoms with van der Waals surface area (Å²) in [4.78, 5) is 26.1. The van der Waals surface area contributed by atoms with Gasteiger partial charge in [-0.3, -0.25) is 9.69 Å². The summed E-state index contributed by atoms with van der Waals surface area (Å²) in [6.45, 7) is 0.618. The van der Waals surface area contributed by atoms with Crippen LogP contribution in [0.25, 0.3) is 0 Å². The molecule has 2 saturated heterocycles. The molecule has 0 aromatic heterocycles. The number of benzene rings is 1. The number of cyclic esters (lactones) is 1. The lowest BCUT2D eigenvalue weighted by atomic mass is 9.96. The molecule has 3 rings (SSSR count). The van der Waals surface area contributed by atoms with Crippen molar-refractivity contribution in [1.29, 1.82) is 0 Å². The maximum absolute atomic E-state index is 12.5. The maximum Gasteiger partial charge on any atom is 0.410 e. The van der Waals surface area contributed by atoms with Gasteiger partial charge in [0, 0.05) is 18.8 Å². The largest absolute Gasteiger partial charge is 0.445 e. The minimum absolute atomic E-state index is 0.180. The molecular formula is C17H19Cl2NO4. The number of fused-ring (bicyclic) bond motifs is 1. The summed E-state index contributed by atoms with van der Waals surface area (Å²) in [5.41, 5.74) is 0.902. The fourth-order valence-corrected chi connectivity index (χ4v) is 4.00. The van der Waals surface area contributed by atoms with E-state index in [9.17, 15) is 9.59 Å². The molecule has 0 bridgehead atoms. The second kappa shape index (κ2) is 7.19. The molecule has 0 unspecified atom stereocenters. The molecule has 0 radical (unpaired) electrons. The highest BCUT2D eigenvalue weighted by atomic mass is 35.5. The van der Waals surface area contributed by atoms with Gasteiger partial charge >= 0.3 is 12.1 Å². The maximum atomic E-state index is 12.5. The number of hydrogen-bond acceptors (Lipinski definition) is 4. The van der Waals surface area contributed by atoms with Crippen LogP contribution in [0.5, 0.6) is 0 Å². The number of esters is 1. The molecule has 2 aliphatic rings. The van der Waals surface area contributed by atoms with Crippen molar-refractivity contribution >= 4 is 35.3 Å². The summed E-state index contributed by atoms with van der Waals surface area (Å²) >= 11 is 12.3. The second-order valence-corrected chi connectivity index (χ2v) is 7.09. The van der Waals surface area contributed by atoms with Crippen molar-refractivity contribution in [2.24, 2.45) is 5.92 Å². The van der Waals surface area contributed by atoms with Crippen LogP contribution in [0.2, 0.25) is 0 Å². The molecule has 1 amide bonds. The van der Waals surface area contributed by atoms with Gasteiger partial charge in [-0.05, 0) is 18.4 Å². The van der Waals surface area contributed by atoms with Crippen LogP contribution in [0.3, 0.4) is 0 Å². The van der Waals surface area contributed by atoms with Crippen molar-refractivity contribution in [3.63, 3.8) is 0 Å². The highest BCUT2D eigenvalue weighted by Crippen LogP contribution is 2.46. The molecule has 0 spiro atoms. The summed E-state index contributed by atoms with van der Waals surface area (Å²) in [6.07, 6.45) is 1.09. The number of amides is 1. The smallest absolute Gasteiger partial charge is 0.410 e. The average molecular weight is 372 g/mol. The predicted molar refractivity (Wildman–Crippen MR) is 89.9 cm³/mol. The van der Waals surface area contributed by atoms with Crippen molar-refractivity contribution in [3.05, 3.63) is 35.9 Å². The van der Waals surface area contributed by atoms with Crippen LogP contribution in [0.4, 0.5) is 4.79 Å². The molecule has 1 aromatic rings. The Morgan fingerprint density at radius 1 is 1.38 bits per heavy atom. The molecule has 3 atom stereocenters. The molecule has 7 heteroatoms. The van der Waals surface area contributed by atoms with Crippen LogP contribution in [0.1, 0.15) is 24.8 Å². The number of nitrogens with zero attached hydrogens (tertiary/aromatic N) is 1. The van der Waals surface area contributed by atoms with Crippen molar-refractivity contribution in [1.82, 2.24) is 4.90 Å². The predicted octanol–water partition coefficient (Wildman–Crippen LogP) is 3.52. The molecule has 0 N–H and O–H groups in total. The SMILES string of the molecule is O=C1O[C@](Cl)(CCCCl)[C@@H]2[C@H]1CCN2C(=O)OCc1ccccc1. The number of carbonyl (C=O) groups is 2. The third kappa shape index (κ3) is 3.33. The molecule has 1 aromatic carbocycles. The number of halogens is 2. The molecule has 2 heterocycles. The van der Waals surface area contributed by atoms with Gasteiger partial charge in [0.15, 0.2) is 0 Å². The molecular weight excluding hydrogens is 353 g/mol. The third-order valence-electron chi connectivity index (χ3n) is 4.50. The number of carbonyl (C=O) groups excluding carboxylic acids is 2. The van der Waals surface area contributed by atoms with Crippen LogP contribution < -0.4 is 0 Å². The zero-order valence-electron chi connectivity index (χ0n) is 13.1. The van der Waals surface area contributed by atoms with E-state index < -0.39 is 17.2 Å². The monoisotopic (exact) mass is 371 g/mol. The van der Waals surface area contributed by atoms with Crippen molar-refractivity contribution < 1.29 is 19.1 Å². The van der Waals surface area contributed by atoms with Crippen LogP contribution in [-0.4, -0.2) is 40.5 Å². The van der Waals surface area contributed by atoms with Crippen LogP contribution in [-0.2, 0) is 20.9 Å². The zero-order valence-corrected chi connectivity index (χ0v) is 14.6. The molecule has 0 aliphatic carbocycles. The minimum Gasteiger partial charge on any atom is -0.445 e. The standard InChI is InChI=1S/C17H19Cl2NO4/c18-9-4-8-17(19)14-13(15(21)24-17)7-10-20(14)16(22)23-11-12-5-2-1-3-6-12/h1-3,5-6,13-14H,4,7-11H2/t13-,14+,17-/m1/s1. The van der Waals surface area contributed by atoms with Crippen molar-refractivity contribution in [2.45, 2.75) is 37.0 Å². The van der Waals surface area contributed by atoms with Gasteiger partial charge in [0.25, 0.3) is 0 Å². The first-order chi connectivity index (χ1) is 11.5. The first-order valence-electron chi connectivity index (χ1n) is 8.00. The lowest BCUT2D eigenvalue weighted by Gasteiger charge is -2.32. The Hall–Kier alpha value is -1.46. The van der Waals surface area contributed by atoms with E-state index in [1.807, 2.05) is 30.3 Å². The molecule has 5 nitrogen and oxygen atoms in total. The van der Waals surface area contributed by atoms with Crippen LogP contribution in [0.15, 0.2) is 30.3 Å². The zero-order chi connectivity index (χ0) is 17.2. The number of likely N-dealkylation sites (tertiary alicyclic amines) is 1. The number of rotatable bonds is 5. The third-order valence-corrected chi connectivity index (χ3v) is 5.26. The fourth-order valence-electron chi connectivity index (χ4n) is 3.39. The minimum atomic E-state index is -1.21. The first kappa shape index (κ1) is 17.4. The summed E-state index contributed by atoms with van der Waals surface area (Å²) in [6, 6.07) is 8.93. The fraction of sp³-hybridized carbons (Fsp3) is 0.529. The lowest BCUT2D eigenvalue weighted by Crippen LogP contribution is -2.48. The van der Waals surface area contributed by atoms with E-state index >= 15 is 0 Å². The number of hydrogen-bond donors (Lipinski definition) is 0. The summed E-state index contributed by atoms with van der Waals surface area (Å²) in [5, 5.41) is -1.21. The van der Waals surface area contributed by atoms with Crippen molar-refractivity contribution in [3.8, 4) is 0 Å². The Labute approximate surface area is 150 Å². The Morgan fingerprint density at radius 2 is 2.12 bits per heavy atom. The van der Waals surface area contributed by atoms with E-state index in [0.717, 1.165) is 5.56 Å². The first-order valence-corrected chi connectivity index (χ1v) is 8.91. The van der Waals surface area contributed by atoms with Gasteiger partial charge in [0.1, 0.15) is 12.6 Å². The highest BCUT2D eigenvalue weighted by Gasteiger charge is 2.61. The van der Waals surface area contributed by atoms with E-state index in [0.29, 0.717) is 31.7 Å². The lowest BCUT2D eigenvalue weighted by molar-refractivity contribution is -0.147. The Bertz CT molecular complexity index is 612. The van der Waals surface area contributed by atoms with Gasteiger partial charge in [-0.2, -0.15) is 0 Å².